The Labute approximate surface area is 121 Å². The number of carbonyl (C=O) groups is 1. The summed E-state index contributed by atoms with van der Waals surface area (Å²) >= 11 is 0. The van der Waals surface area contributed by atoms with Gasteiger partial charge in [0.2, 0.25) is 0 Å². The van der Waals surface area contributed by atoms with E-state index in [1.54, 1.807) is 38.1 Å². The summed E-state index contributed by atoms with van der Waals surface area (Å²) in [7, 11) is 0. The molecule has 3 N–H and O–H groups in total. The Morgan fingerprint density at radius 3 is 2.62 bits per heavy atom. The molecule has 0 spiro atoms. The second-order valence-corrected chi connectivity index (χ2v) is 4.65. The highest BCUT2D eigenvalue weighted by Gasteiger charge is 2.21. The van der Waals surface area contributed by atoms with Crippen molar-refractivity contribution in [1.82, 2.24) is 15.4 Å². The molecule has 0 bridgehead atoms. The average Bonchev–Trinajstić information content (AvgIpc) is 2.46. The van der Waals surface area contributed by atoms with E-state index in [0.717, 1.165) is 0 Å². The minimum Gasteiger partial charge on any atom is -0.506 e. The van der Waals surface area contributed by atoms with Crippen LogP contribution in [0.4, 0.5) is 0 Å². The first-order valence-electron chi connectivity index (χ1n) is 6.53. The number of amides is 1. The van der Waals surface area contributed by atoms with Crippen molar-refractivity contribution in [2.45, 2.75) is 20.4 Å². The molecule has 0 unspecified atom stereocenters. The summed E-state index contributed by atoms with van der Waals surface area (Å²) in [6.45, 7) is 7.44. The highest BCUT2D eigenvalue weighted by Crippen LogP contribution is 2.25. The van der Waals surface area contributed by atoms with Crippen LogP contribution in [0.1, 0.15) is 24.2 Å². The Balaban J connectivity index is 2.66. The van der Waals surface area contributed by atoms with Gasteiger partial charge in [-0.15, -0.1) is 0 Å². The molecule has 1 heterocycles. The number of aryl methyl sites for hydroxylation is 1. The maximum atomic E-state index is 12.4. The molecule has 6 nitrogen and oxygen atoms in total. The van der Waals surface area contributed by atoms with Gasteiger partial charge in [-0.1, -0.05) is 18.7 Å². The van der Waals surface area contributed by atoms with Crippen molar-refractivity contribution in [1.29, 1.82) is 0 Å². The van der Waals surface area contributed by atoms with Gasteiger partial charge >= 0.3 is 0 Å². The first-order valence-corrected chi connectivity index (χ1v) is 6.53. The zero-order valence-electron chi connectivity index (χ0n) is 11.9. The number of allylic oxidation sites excluding steroid dienone is 1. The molecule has 1 aromatic carbocycles. The molecular formula is C15H17N3O3. The summed E-state index contributed by atoms with van der Waals surface area (Å²) in [5, 5.41) is 10.7. The molecule has 6 heteroatoms. The normalized spacial score (nSPS) is 10.4. The predicted octanol–water partition coefficient (Wildman–Crippen LogP) is 1.49. The largest absolute Gasteiger partial charge is 0.506 e. The van der Waals surface area contributed by atoms with Gasteiger partial charge in [-0.2, -0.15) is 0 Å². The number of fused-ring (bicyclic) bond motifs is 1. The van der Waals surface area contributed by atoms with Gasteiger partial charge in [-0.25, -0.2) is 0 Å². The third kappa shape index (κ3) is 2.60. The van der Waals surface area contributed by atoms with E-state index >= 15 is 0 Å². The Hall–Kier alpha value is -2.76. The van der Waals surface area contributed by atoms with Gasteiger partial charge < -0.3 is 15.1 Å². The lowest BCUT2D eigenvalue weighted by Crippen LogP contribution is -2.40. The highest BCUT2D eigenvalue weighted by atomic mass is 16.3. The molecule has 1 amide bonds. The van der Waals surface area contributed by atoms with Crippen LogP contribution in [0.2, 0.25) is 0 Å². The standard InChI is InChI=1S/C15H17N3O3/c1-4-18-11-8-6-5-7-10(11)13(19)12(15(18)21)14(20)17-16-9(2)3/h5-8,16,19H,2,4H2,1,3H3,(H,17,20). The van der Waals surface area contributed by atoms with Gasteiger partial charge in [0.25, 0.3) is 11.5 Å². The summed E-state index contributed by atoms with van der Waals surface area (Å²) < 4.78 is 1.45. The number of pyridine rings is 1. The molecule has 2 rings (SSSR count). The van der Waals surface area contributed by atoms with Crippen LogP contribution in [-0.4, -0.2) is 15.6 Å². The van der Waals surface area contributed by atoms with E-state index in [0.29, 0.717) is 23.1 Å². The maximum Gasteiger partial charge on any atom is 0.279 e. The maximum absolute atomic E-state index is 12.4. The minimum absolute atomic E-state index is 0.288. The Morgan fingerprint density at radius 2 is 2.00 bits per heavy atom. The Kier molecular flexibility index (Phi) is 3.98. The number of aromatic hydroxyl groups is 1. The third-order valence-electron chi connectivity index (χ3n) is 3.08. The molecule has 0 atom stereocenters. The molecule has 1 aromatic heterocycles. The molecule has 110 valence electrons. The monoisotopic (exact) mass is 287 g/mol. The number of rotatable bonds is 4. The zero-order valence-corrected chi connectivity index (χ0v) is 11.9. The lowest BCUT2D eigenvalue weighted by molar-refractivity contribution is 0.0934. The van der Waals surface area contributed by atoms with Crippen LogP contribution in [-0.2, 0) is 6.54 Å². The van der Waals surface area contributed by atoms with Gasteiger partial charge in [0, 0.05) is 17.6 Å². The SMILES string of the molecule is C=C(C)NNC(=O)c1c(O)c2ccccc2n(CC)c1=O. The number of aromatic nitrogens is 1. The fourth-order valence-corrected chi connectivity index (χ4v) is 2.13. The van der Waals surface area contributed by atoms with E-state index in [9.17, 15) is 14.7 Å². The molecule has 0 saturated heterocycles. The van der Waals surface area contributed by atoms with Crippen LogP contribution < -0.4 is 16.4 Å². The van der Waals surface area contributed by atoms with Crippen LogP contribution in [0.5, 0.6) is 5.75 Å². The van der Waals surface area contributed by atoms with E-state index in [-0.39, 0.29) is 11.3 Å². The molecular weight excluding hydrogens is 270 g/mol. The highest BCUT2D eigenvalue weighted by molar-refractivity contribution is 6.02. The van der Waals surface area contributed by atoms with Crippen molar-refractivity contribution >= 4 is 16.8 Å². The molecule has 0 aliphatic heterocycles. The van der Waals surface area contributed by atoms with Crippen LogP contribution >= 0.6 is 0 Å². The molecule has 21 heavy (non-hydrogen) atoms. The fourth-order valence-electron chi connectivity index (χ4n) is 2.13. The van der Waals surface area contributed by atoms with Crippen molar-refractivity contribution in [3.63, 3.8) is 0 Å². The first-order chi connectivity index (χ1) is 9.97. The van der Waals surface area contributed by atoms with Crippen LogP contribution in [0.25, 0.3) is 10.9 Å². The van der Waals surface area contributed by atoms with Crippen molar-refractivity contribution in [3.8, 4) is 5.75 Å². The van der Waals surface area contributed by atoms with Crippen molar-refractivity contribution in [3.05, 3.63) is 52.5 Å². The van der Waals surface area contributed by atoms with E-state index in [1.807, 2.05) is 0 Å². The zero-order chi connectivity index (χ0) is 15.6. The van der Waals surface area contributed by atoms with Crippen molar-refractivity contribution in [2.75, 3.05) is 0 Å². The second kappa shape index (κ2) is 5.70. The van der Waals surface area contributed by atoms with E-state index in [1.165, 1.54) is 4.57 Å². The summed E-state index contributed by atoms with van der Waals surface area (Å²) in [5.74, 6) is -1.02. The number of hydrazine groups is 1. The summed E-state index contributed by atoms with van der Waals surface area (Å²) in [5.41, 5.74) is 5.15. The van der Waals surface area contributed by atoms with E-state index in [4.69, 9.17) is 0 Å². The van der Waals surface area contributed by atoms with Crippen LogP contribution in [0, 0.1) is 0 Å². The molecule has 2 aromatic rings. The number of benzene rings is 1. The molecule has 0 aliphatic carbocycles. The predicted molar refractivity (Wildman–Crippen MR) is 81.0 cm³/mol. The second-order valence-electron chi connectivity index (χ2n) is 4.65. The quantitative estimate of drug-likeness (QED) is 0.744. The lowest BCUT2D eigenvalue weighted by Gasteiger charge is -2.14. The van der Waals surface area contributed by atoms with Crippen LogP contribution in [0.3, 0.4) is 0 Å². The lowest BCUT2D eigenvalue weighted by atomic mass is 10.1. The molecule has 0 saturated carbocycles. The van der Waals surface area contributed by atoms with Gasteiger partial charge in [0.15, 0.2) is 0 Å². The molecule has 0 aliphatic rings. The smallest absolute Gasteiger partial charge is 0.279 e. The Morgan fingerprint density at radius 1 is 1.33 bits per heavy atom. The number of hydrogen-bond donors (Lipinski definition) is 3. The summed E-state index contributed by atoms with van der Waals surface area (Å²) in [6, 6.07) is 6.91. The molecule has 0 radical (unpaired) electrons. The number of para-hydroxylation sites is 1. The minimum atomic E-state index is -0.701. The number of carbonyl (C=O) groups excluding carboxylic acids is 1. The summed E-state index contributed by atoms with van der Waals surface area (Å²) in [4.78, 5) is 24.5. The van der Waals surface area contributed by atoms with Gasteiger partial charge in [-0.05, 0) is 26.0 Å². The number of hydrogen-bond acceptors (Lipinski definition) is 4. The van der Waals surface area contributed by atoms with Gasteiger partial charge in [-0.3, -0.25) is 15.0 Å². The van der Waals surface area contributed by atoms with Gasteiger partial charge in [0.05, 0.1) is 5.52 Å². The topological polar surface area (TPSA) is 83.4 Å². The first kappa shape index (κ1) is 14.6. The number of nitrogens with zero attached hydrogens (tertiary/aromatic N) is 1. The van der Waals surface area contributed by atoms with Crippen molar-refractivity contribution in [2.24, 2.45) is 0 Å². The van der Waals surface area contributed by atoms with Crippen molar-refractivity contribution < 1.29 is 9.90 Å². The third-order valence-corrected chi connectivity index (χ3v) is 3.08. The summed E-state index contributed by atoms with van der Waals surface area (Å²) in [6.07, 6.45) is 0. The van der Waals surface area contributed by atoms with E-state index in [2.05, 4.69) is 17.4 Å². The van der Waals surface area contributed by atoms with E-state index < -0.39 is 11.5 Å². The fraction of sp³-hybridized carbons (Fsp3) is 0.200. The molecule has 0 fully saturated rings. The average molecular weight is 287 g/mol. The Bertz CT molecular complexity index is 778. The van der Waals surface area contributed by atoms with Gasteiger partial charge in [0.1, 0.15) is 11.3 Å². The number of nitrogens with one attached hydrogen (secondary N) is 2. The van der Waals surface area contributed by atoms with Crippen LogP contribution in [0.15, 0.2) is 41.3 Å².